The number of hydrogen-bond donors (Lipinski definition) is 0. The summed E-state index contributed by atoms with van der Waals surface area (Å²) in [6.45, 7) is 2.74. The highest BCUT2D eigenvalue weighted by Crippen LogP contribution is 2.32. The van der Waals surface area contributed by atoms with Crippen LogP contribution in [0.1, 0.15) is 5.69 Å². The van der Waals surface area contributed by atoms with E-state index < -0.39 is 16.1 Å². The van der Waals surface area contributed by atoms with Gasteiger partial charge in [-0.3, -0.25) is 0 Å². The van der Waals surface area contributed by atoms with Gasteiger partial charge >= 0.3 is 0 Å². The monoisotopic (exact) mass is 508 g/mol. The van der Waals surface area contributed by atoms with Gasteiger partial charge in [-0.2, -0.15) is 13.8 Å². The van der Waals surface area contributed by atoms with Crippen LogP contribution < -0.4 is 4.74 Å². The molecule has 0 aromatic carbocycles. The molecule has 0 bridgehead atoms. The zero-order valence-corrected chi connectivity index (χ0v) is 20.2. The van der Waals surface area contributed by atoms with Crippen LogP contribution in [0.2, 0.25) is 0 Å². The number of ether oxygens (including phenoxy) is 2. The van der Waals surface area contributed by atoms with Gasteiger partial charge in [0.25, 0.3) is 15.8 Å². The number of hydrogen-bond acceptors (Lipinski definition) is 11. The van der Waals surface area contributed by atoms with Crippen molar-refractivity contribution < 1.29 is 22.4 Å². The molecular formula is C19H20N6O5S3. The summed E-state index contributed by atoms with van der Waals surface area (Å²) in [5.74, 6) is 0.924. The number of fused-ring (bicyclic) bond motifs is 1. The van der Waals surface area contributed by atoms with E-state index in [0.717, 1.165) is 21.9 Å². The Morgan fingerprint density at radius 3 is 2.97 bits per heavy atom. The number of rotatable bonds is 7. The Morgan fingerprint density at radius 2 is 2.18 bits per heavy atom. The molecule has 1 unspecified atom stereocenters. The number of nitrogens with zero attached hydrogens (tertiary/aromatic N) is 6. The van der Waals surface area contributed by atoms with E-state index in [-0.39, 0.29) is 30.5 Å². The van der Waals surface area contributed by atoms with Gasteiger partial charge in [-0.05, 0) is 25.3 Å². The summed E-state index contributed by atoms with van der Waals surface area (Å²) in [5, 5.41) is 8.83. The number of aromatic nitrogens is 5. The summed E-state index contributed by atoms with van der Waals surface area (Å²) < 4.78 is 46.2. The van der Waals surface area contributed by atoms with Crippen LogP contribution in [-0.2, 0) is 14.8 Å². The normalized spacial score (nSPS) is 17.6. The Morgan fingerprint density at radius 1 is 1.30 bits per heavy atom. The van der Waals surface area contributed by atoms with E-state index in [2.05, 4.69) is 20.2 Å². The zero-order chi connectivity index (χ0) is 23.0. The number of thiophene rings is 1. The van der Waals surface area contributed by atoms with Crippen molar-refractivity contribution in [3.05, 3.63) is 36.2 Å². The van der Waals surface area contributed by atoms with Crippen LogP contribution in [-0.4, -0.2) is 76.1 Å². The molecule has 1 aliphatic heterocycles. The first-order valence-corrected chi connectivity index (χ1v) is 13.5. The van der Waals surface area contributed by atoms with E-state index in [1.54, 1.807) is 24.3 Å². The second kappa shape index (κ2) is 9.02. The fraction of sp³-hybridized carbons (Fsp3) is 0.368. The molecule has 14 heteroatoms. The van der Waals surface area contributed by atoms with Crippen molar-refractivity contribution in [2.45, 2.75) is 22.4 Å². The fourth-order valence-electron chi connectivity index (χ4n) is 3.38. The van der Waals surface area contributed by atoms with E-state index in [9.17, 15) is 8.42 Å². The lowest BCUT2D eigenvalue weighted by molar-refractivity contribution is -0.0260. The zero-order valence-electron chi connectivity index (χ0n) is 17.7. The molecule has 5 rings (SSSR count). The number of aryl methyl sites for hydroxylation is 1. The maximum Gasteiger partial charge on any atom is 0.256 e. The molecule has 0 aliphatic carbocycles. The van der Waals surface area contributed by atoms with Crippen molar-refractivity contribution in [1.82, 2.24) is 29.0 Å². The number of thioether (sulfide) groups is 1. The second-order valence-corrected chi connectivity index (χ2v) is 11.2. The molecule has 1 fully saturated rings. The van der Waals surface area contributed by atoms with Gasteiger partial charge in [-0.25, -0.2) is 13.4 Å². The summed E-state index contributed by atoms with van der Waals surface area (Å²) in [7, 11) is -3.67. The highest BCUT2D eigenvalue weighted by atomic mass is 32.2. The third kappa shape index (κ3) is 4.48. The van der Waals surface area contributed by atoms with E-state index in [1.165, 1.54) is 26.8 Å². The van der Waals surface area contributed by atoms with Crippen LogP contribution in [0.5, 0.6) is 5.88 Å². The van der Waals surface area contributed by atoms with Gasteiger partial charge < -0.3 is 14.0 Å². The van der Waals surface area contributed by atoms with Crippen LogP contribution in [0.15, 0.2) is 44.4 Å². The fourth-order valence-corrected chi connectivity index (χ4v) is 6.59. The van der Waals surface area contributed by atoms with Crippen molar-refractivity contribution in [3.63, 3.8) is 0 Å². The summed E-state index contributed by atoms with van der Waals surface area (Å²) >= 11 is 2.57. The van der Waals surface area contributed by atoms with Gasteiger partial charge in [0.05, 0.1) is 11.5 Å². The predicted octanol–water partition coefficient (Wildman–Crippen LogP) is 2.34. The molecule has 5 heterocycles. The minimum Gasteiger partial charge on any atom is -0.475 e. The Bertz CT molecular complexity index is 1370. The average Bonchev–Trinajstić information content (AvgIpc) is 3.57. The van der Waals surface area contributed by atoms with Crippen molar-refractivity contribution in [1.29, 1.82) is 0 Å². The number of sulfonamides is 1. The average molecular weight is 509 g/mol. The van der Waals surface area contributed by atoms with Gasteiger partial charge in [0.2, 0.25) is 11.0 Å². The van der Waals surface area contributed by atoms with Crippen LogP contribution in [0, 0.1) is 6.92 Å². The van der Waals surface area contributed by atoms with Gasteiger partial charge in [0, 0.05) is 30.9 Å². The SMILES string of the molecule is CSc1nc2nc(C)cc(OCC3CN(S(=O)(=O)c4ccc(-c5ccon5)s4)CCO3)n2n1. The standard InChI is InChI=1S/C19H20N6O5S3/c1-12-9-16(25-18(20-12)21-19(22-25)31-2)29-11-13-10-24(6-8-28-13)33(26,27)17-4-3-15(32-17)14-5-7-30-23-14/h3-5,7,9,13H,6,8,10-11H2,1-2H3. The maximum absolute atomic E-state index is 13.2. The number of morpholine rings is 1. The molecule has 0 N–H and O–H groups in total. The van der Waals surface area contributed by atoms with Crippen molar-refractivity contribution in [3.8, 4) is 16.5 Å². The van der Waals surface area contributed by atoms with Crippen LogP contribution in [0.25, 0.3) is 16.3 Å². The van der Waals surface area contributed by atoms with Crippen molar-refractivity contribution >= 4 is 38.9 Å². The second-order valence-electron chi connectivity index (χ2n) is 7.22. The van der Waals surface area contributed by atoms with Crippen LogP contribution in [0.4, 0.5) is 0 Å². The smallest absolute Gasteiger partial charge is 0.256 e. The summed E-state index contributed by atoms with van der Waals surface area (Å²) in [4.78, 5) is 9.43. The molecule has 1 atom stereocenters. The lowest BCUT2D eigenvalue weighted by Crippen LogP contribution is -2.47. The molecule has 174 valence electrons. The molecule has 0 saturated carbocycles. The molecule has 0 radical (unpaired) electrons. The van der Waals surface area contributed by atoms with Gasteiger partial charge in [-0.15, -0.1) is 16.4 Å². The molecule has 11 nitrogen and oxygen atoms in total. The van der Waals surface area contributed by atoms with Crippen molar-refractivity contribution in [2.75, 3.05) is 32.6 Å². The quantitative estimate of drug-likeness (QED) is 0.343. The molecule has 1 saturated heterocycles. The molecule has 4 aromatic rings. The summed E-state index contributed by atoms with van der Waals surface area (Å²) in [6.07, 6.45) is 2.90. The van der Waals surface area contributed by atoms with E-state index in [4.69, 9.17) is 14.0 Å². The third-order valence-electron chi connectivity index (χ3n) is 4.96. The summed E-state index contributed by atoms with van der Waals surface area (Å²) in [6, 6.07) is 6.78. The Labute approximate surface area is 197 Å². The molecule has 0 spiro atoms. The maximum atomic E-state index is 13.2. The van der Waals surface area contributed by atoms with E-state index in [0.29, 0.717) is 22.5 Å². The van der Waals surface area contributed by atoms with Crippen LogP contribution >= 0.6 is 23.1 Å². The van der Waals surface area contributed by atoms with Crippen molar-refractivity contribution in [2.24, 2.45) is 0 Å². The molecule has 4 aromatic heterocycles. The van der Waals surface area contributed by atoms with E-state index >= 15 is 0 Å². The first-order chi connectivity index (χ1) is 15.9. The summed E-state index contributed by atoms with van der Waals surface area (Å²) in [5.41, 5.74) is 1.35. The minimum atomic E-state index is -3.67. The molecule has 1 aliphatic rings. The van der Waals surface area contributed by atoms with Gasteiger partial charge in [0.1, 0.15) is 28.9 Å². The predicted molar refractivity (Wildman–Crippen MR) is 121 cm³/mol. The third-order valence-corrected chi connectivity index (χ3v) is 8.93. The highest BCUT2D eigenvalue weighted by Gasteiger charge is 2.32. The largest absolute Gasteiger partial charge is 0.475 e. The molecule has 0 amide bonds. The first-order valence-electron chi connectivity index (χ1n) is 9.97. The minimum absolute atomic E-state index is 0.160. The topological polar surface area (TPSA) is 125 Å². The van der Waals surface area contributed by atoms with Crippen LogP contribution in [0.3, 0.4) is 0 Å². The highest BCUT2D eigenvalue weighted by molar-refractivity contribution is 7.98. The van der Waals surface area contributed by atoms with Gasteiger partial charge in [-0.1, -0.05) is 16.9 Å². The first kappa shape index (κ1) is 22.3. The van der Waals surface area contributed by atoms with Gasteiger partial charge in [0.15, 0.2) is 0 Å². The molecule has 33 heavy (non-hydrogen) atoms. The Kier molecular flexibility index (Phi) is 6.09. The van der Waals surface area contributed by atoms with E-state index in [1.807, 2.05) is 13.2 Å². The lowest BCUT2D eigenvalue weighted by atomic mass is 10.3. The molecular weight excluding hydrogens is 488 g/mol. The lowest BCUT2D eigenvalue weighted by Gasteiger charge is -2.31. The Hall–Kier alpha value is -2.52. The Balaban J connectivity index is 1.29.